The van der Waals surface area contributed by atoms with Crippen molar-refractivity contribution < 1.29 is 13.9 Å². The van der Waals surface area contributed by atoms with Gasteiger partial charge in [0.2, 0.25) is 5.91 Å². The molecule has 0 bridgehead atoms. The fourth-order valence-corrected chi connectivity index (χ4v) is 1.95. The molecule has 1 heterocycles. The smallest absolute Gasteiger partial charge is 0.223 e. The summed E-state index contributed by atoms with van der Waals surface area (Å²) in [5.41, 5.74) is 1.24. The zero-order valence-corrected chi connectivity index (χ0v) is 11.3. The van der Waals surface area contributed by atoms with Gasteiger partial charge in [-0.2, -0.15) is 0 Å². The highest BCUT2D eigenvalue weighted by Crippen LogP contribution is 2.15. The average molecular weight is 278 g/mol. The molecular formula is C15H19FN2O2. The normalized spacial score (nSPS) is 14.6. The molecular weight excluding hydrogens is 259 g/mol. The number of hydrogen-bond acceptors (Lipinski definition) is 3. The molecule has 108 valence electrons. The van der Waals surface area contributed by atoms with Crippen LogP contribution in [-0.2, 0) is 4.79 Å². The summed E-state index contributed by atoms with van der Waals surface area (Å²) < 4.78 is 18.5. The summed E-state index contributed by atoms with van der Waals surface area (Å²) in [7, 11) is 0. The van der Waals surface area contributed by atoms with Gasteiger partial charge < -0.3 is 15.4 Å². The van der Waals surface area contributed by atoms with E-state index in [9.17, 15) is 9.18 Å². The molecule has 1 aliphatic heterocycles. The van der Waals surface area contributed by atoms with Gasteiger partial charge in [-0.05, 0) is 25.1 Å². The van der Waals surface area contributed by atoms with E-state index in [2.05, 4.69) is 16.7 Å². The van der Waals surface area contributed by atoms with Crippen molar-refractivity contribution in [2.45, 2.75) is 12.8 Å². The van der Waals surface area contributed by atoms with Crippen molar-refractivity contribution in [1.29, 1.82) is 0 Å². The first kappa shape index (κ1) is 14.5. The number of benzene rings is 1. The van der Waals surface area contributed by atoms with E-state index in [0.29, 0.717) is 6.54 Å². The second-order valence-electron chi connectivity index (χ2n) is 4.62. The van der Waals surface area contributed by atoms with Crippen molar-refractivity contribution in [3.05, 3.63) is 41.7 Å². The average Bonchev–Trinajstić information content (AvgIpc) is 2.48. The molecule has 20 heavy (non-hydrogen) atoms. The first-order chi connectivity index (χ1) is 9.75. The Labute approximate surface area is 118 Å². The van der Waals surface area contributed by atoms with Crippen molar-refractivity contribution in [2.75, 3.05) is 26.2 Å². The number of rotatable bonds is 6. The highest BCUT2D eigenvalue weighted by molar-refractivity contribution is 5.76. The third-order valence-corrected chi connectivity index (χ3v) is 3.09. The van der Waals surface area contributed by atoms with Gasteiger partial charge in [-0.25, -0.2) is 4.39 Å². The fourth-order valence-electron chi connectivity index (χ4n) is 1.95. The van der Waals surface area contributed by atoms with Crippen molar-refractivity contribution in [3.63, 3.8) is 0 Å². The van der Waals surface area contributed by atoms with Crippen LogP contribution in [0, 0.1) is 5.82 Å². The summed E-state index contributed by atoms with van der Waals surface area (Å²) in [6.07, 6.45) is 3.28. The number of amides is 1. The summed E-state index contributed by atoms with van der Waals surface area (Å²) in [5, 5.41) is 6.06. The Morgan fingerprint density at radius 2 is 2.25 bits per heavy atom. The van der Waals surface area contributed by atoms with E-state index in [-0.39, 0.29) is 24.7 Å². The monoisotopic (exact) mass is 278 g/mol. The van der Waals surface area contributed by atoms with Crippen molar-refractivity contribution in [3.8, 4) is 5.75 Å². The molecule has 1 aliphatic rings. The highest BCUT2D eigenvalue weighted by Gasteiger charge is 2.07. The van der Waals surface area contributed by atoms with Crippen LogP contribution in [0.3, 0.4) is 0 Å². The van der Waals surface area contributed by atoms with Gasteiger partial charge in [0.25, 0.3) is 0 Å². The lowest BCUT2D eigenvalue weighted by Gasteiger charge is -2.14. The van der Waals surface area contributed by atoms with Gasteiger partial charge in [-0.1, -0.05) is 23.8 Å². The highest BCUT2D eigenvalue weighted by atomic mass is 19.1. The van der Waals surface area contributed by atoms with Gasteiger partial charge in [0.15, 0.2) is 11.6 Å². The van der Waals surface area contributed by atoms with E-state index >= 15 is 0 Å². The number of carbonyl (C=O) groups is 1. The van der Waals surface area contributed by atoms with Gasteiger partial charge in [-0.3, -0.25) is 4.79 Å². The van der Waals surface area contributed by atoms with Gasteiger partial charge in [0.1, 0.15) is 0 Å². The van der Waals surface area contributed by atoms with E-state index < -0.39 is 5.82 Å². The molecule has 0 fully saturated rings. The molecule has 0 radical (unpaired) electrons. The van der Waals surface area contributed by atoms with Gasteiger partial charge in [-0.15, -0.1) is 0 Å². The lowest BCUT2D eigenvalue weighted by atomic mass is 10.1. The molecule has 0 unspecified atom stereocenters. The SMILES string of the molecule is O=C(CCOc1ccccc1F)NCC1=CCNCC1. The second-order valence-corrected chi connectivity index (χ2v) is 4.62. The zero-order chi connectivity index (χ0) is 14.2. The van der Waals surface area contributed by atoms with Crippen LogP contribution >= 0.6 is 0 Å². The Hall–Kier alpha value is -1.88. The summed E-state index contributed by atoms with van der Waals surface area (Å²) in [4.78, 5) is 11.6. The molecule has 1 aromatic rings. The molecule has 1 aromatic carbocycles. The van der Waals surface area contributed by atoms with Crippen molar-refractivity contribution in [1.82, 2.24) is 10.6 Å². The quantitative estimate of drug-likeness (QED) is 0.778. The molecule has 4 nitrogen and oxygen atoms in total. The van der Waals surface area contributed by atoms with Crippen LogP contribution in [0.1, 0.15) is 12.8 Å². The minimum absolute atomic E-state index is 0.0826. The van der Waals surface area contributed by atoms with Crippen LogP contribution in [-0.4, -0.2) is 32.1 Å². The summed E-state index contributed by atoms with van der Waals surface area (Å²) in [6.45, 7) is 2.58. The molecule has 0 saturated carbocycles. The van der Waals surface area contributed by atoms with Crippen LogP contribution in [0.25, 0.3) is 0 Å². The fraction of sp³-hybridized carbons (Fsp3) is 0.400. The number of halogens is 1. The molecule has 0 aliphatic carbocycles. The summed E-state index contributed by atoms with van der Waals surface area (Å²) in [5.74, 6) is -0.310. The maximum absolute atomic E-state index is 13.3. The van der Waals surface area contributed by atoms with E-state index in [4.69, 9.17) is 4.74 Å². The summed E-state index contributed by atoms with van der Waals surface area (Å²) in [6, 6.07) is 6.18. The molecule has 0 atom stereocenters. The van der Waals surface area contributed by atoms with Crippen LogP contribution in [0.2, 0.25) is 0 Å². The largest absolute Gasteiger partial charge is 0.490 e. The van der Waals surface area contributed by atoms with Crippen molar-refractivity contribution >= 4 is 5.91 Å². The Kier molecular flexibility index (Phi) is 5.55. The predicted octanol–water partition coefficient (Wildman–Crippen LogP) is 1.63. The third kappa shape index (κ3) is 4.66. The van der Waals surface area contributed by atoms with E-state index in [0.717, 1.165) is 19.5 Å². The Bertz CT molecular complexity index is 489. The molecule has 5 heteroatoms. The molecule has 2 rings (SSSR count). The Morgan fingerprint density at radius 1 is 1.40 bits per heavy atom. The lowest BCUT2D eigenvalue weighted by Crippen LogP contribution is -2.30. The first-order valence-electron chi connectivity index (χ1n) is 6.78. The lowest BCUT2D eigenvalue weighted by molar-refractivity contribution is -0.121. The number of ether oxygens (including phenoxy) is 1. The van der Waals surface area contributed by atoms with E-state index in [1.54, 1.807) is 18.2 Å². The van der Waals surface area contributed by atoms with Gasteiger partial charge >= 0.3 is 0 Å². The molecule has 1 amide bonds. The number of hydrogen-bond donors (Lipinski definition) is 2. The third-order valence-electron chi connectivity index (χ3n) is 3.09. The van der Waals surface area contributed by atoms with Crippen LogP contribution < -0.4 is 15.4 Å². The van der Waals surface area contributed by atoms with E-state index in [1.165, 1.54) is 11.6 Å². The topological polar surface area (TPSA) is 50.4 Å². The maximum atomic E-state index is 13.3. The Balaban J connectivity index is 1.65. The van der Waals surface area contributed by atoms with Crippen molar-refractivity contribution in [2.24, 2.45) is 0 Å². The number of nitrogens with one attached hydrogen (secondary N) is 2. The minimum Gasteiger partial charge on any atom is -0.490 e. The van der Waals surface area contributed by atoms with Crippen LogP contribution in [0.4, 0.5) is 4.39 Å². The van der Waals surface area contributed by atoms with Crippen LogP contribution in [0.15, 0.2) is 35.9 Å². The standard InChI is InChI=1S/C15H19FN2O2/c16-13-3-1-2-4-14(13)20-10-7-15(19)18-11-12-5-8-17-9-6-12/h1-5,17H,6-11H2,(H,18,19). The zero-order valence-electron chi connectivity index (χ0n) is 11.3. The molecule has 2 N–H and O–H groups in total. The first-order valence-corrected chi connectivity index (χ1v) is 6.78. The minimum atomic E-state index is -0.409. The van der Waals surface area contributed by atoms with Gasteiger partial charge in [0, 0.05) is 13.1 Å². The Morgan fingerprint density at radius 3 is 3.00 bits per heavy atom. The maximum Gasteiger partial charge on any atom is 0.223 e. The van der Waals surface area contributed by atoms with Crippen LogP contribution in [0.5, 0.6) is 5.75 Å². The molecule has 0 aromatic heterocycles. The van der Waals surface area contributed by atoms with Gasteiger partial charge in [0.05, 0.1) is 13.0 Å². The number of carbonyl (C=O) groups excluding carboxylic acids is 1. The number of para-hydroxylation sites is 1. The molecule has 0 saturated heterocycles. The van der Waals surface area contributed by atoms with E-state index in [1.807, 2.05) is 0 Å². The summed E-state index contributed by atoms with van der Waals surface area (Å²) >= 11 is 0. The second kappa shape index (κ2) is 7.65. The predicted molar refractivity (Wildman–Crippen MR) is 75.1 cm³/mol. The molecule has 0 spiro atoms.